The zero-order valence-electron chi connectivity index (χ0n) is 13.8. The highest BCUT2D eigenvalue weighted by molar-refractivity contribution is 5.97. The normalized spacial score (nSPS) is 12.8. The second kappa shape index (κ2) is 7.70. The highest BCUT2D eigenvalue weighted by Crippen LogP contribution is 2.30. The molecule has 0 saturated carbocycles. The molecule has 0 aliphatic carbocycles. The van der Waals surface area contributed by atoms with Crippen LogP contribution in [0.25, 0.3) is 0 Å². The van der Waals surface area contributed by atoms with E-state index in [9.17, 15) is 9.59 Å². The minimum atomic E-state index is -0.421. The summed E-state index contributed by atoms with van der Waals surface area (Å²) in [6, 6.07) is 11.5. The number of hydrogen-bond donors (Lipinski definition) is 0. The Hall–Kier alpha value is -3.02. The lowest BCUT2D eigenvalue weighted by molar-refractivity contribution is 0.0600. The first-order chi connectivity index (χ1) is 12.2. The zero-order valence-corrected chi connectivity index (χ0v) is 13.8. The highest BCUT2D eigenvalue weighted by atomic mass is 16.5. The fourth-order valence-electron chi connectivity index (χ4n) is 2.37. The number of ketones is 1. The Morgan fingerprint density at radius 2 is 1.64 bits per heavy atom. The van der Waals surface area contributed by atoms with Gasteiger partial charge in [0, 0.05) is 12.0 Å². The van der Waals surface area contributed by atoms with Crippen molar-refractivity contribution < 1.29 is 28.5 Å². The van der Waals surface area contributed by atoms with Crippen LogP contribution in [0.3, 0.4) is 0 Å². The Labute approximate surface area is 145 Å². The van der Waals surface area contributed by atoms with Gasteiger partial charge in [0.2, 0.25) is 0 Å². The number of carbonyl (C=O) groups excluding carboxylic acids is 2. The predicted molar refractivity (Wildman–Crippen MR) is 89.7 cm³/mol. The van der Waals surface area contributed by atoms with Crippen molar-refractivity contribution in [2.45, 2.75) is 6.42 Å². The second-order valence-electron chi connectivity index (χ2n) is 5.44. The molecule has 0 fully saturated rings. The van der Waals surface area contributed by atoms with Crippen LogP contribution in [-0.2, 0) is 4.74 Å². The van der Waals surface area contributed by atoms with Crippen LogP contribution in [0, 0.1) is 0 Å². The van der Waals surface area contributed by atoms with Crippen molar-refractivity contribution in [2.24, 2.45) is 0 Å². The summed E-state index contributed by atoms with van der Waals surface area (Å²) in [5.41, 5.74) is 0.916. The van der Waals surface area contributed by atoms with Gasteiger partial charge < -0.3 is 18.9 Å². The van der Waals surface area contributed by atoms with Crippen molar-refractivity contribution in [1.29, 1.82) is 0 Å². The van der Waals surface area contributed by atoms with E-state index in [0.717, 1.165) is 6.42 Å². The molecule has 0 N–H and O–H groups in total. The summed E-state index contributed by atoms with van der Waals surface area (Å²) in [5, 5.41) is 0. The van der Waals surface area contributed by atoms with Crippen molar-refractivity contribution >= 4 is 11.8 Å². The van der Waals surface area contributed by atoms with Gasteiger partial charge in [-0.25, -0.2) is 4.79 Å². The molecular weight excluding hydrogens is 324 g/mol. The van der Waals surface area contributed by atoms with E-state index in [4.69, 9.17) is 14.2 Å². The lowest BCUT2D eigenvalue weighted by Gasteiger charge is -2.10. The van der Waals surface area contributed by atoms with Gasteiger partial charge in [-0.1, -0.05) is 0 Å². The molecule has 3 rings (SSSR count). The summed E-state index contributed by atoms with van der Waals surface area (Å²) in [7, 11) is 1.32. The summed E-state index contributed by atoms with van der Waals surface area (Å²) in [5.74, 6) is 1.12. The fourth-order valence-corrected chi connectivity index (χ4v) is 2.37. The molecule has 0 spiro atoms. The van der Waals surface area contributed by atoms with E-state index < -0.39 is 5.97 Å². The molecule has 0 radical (unpaired) electrons. The largest absolute Gasteiger partial charge is 0.490 e. The summed E-state index contributed by atoms with van der Waals surface area (Å²) < 4.78 is 21.2. The molecule has 25 heavy (non-hydrogen) atoms. The summed E-state index contributed by atoms with van der Waals surface area (Å²) in [6.45, 7) is 1.05. The number of hydrogen-bond acceptors (Lipinski definition) is 6. The Bertz CT molecular complexity index is 766. The number of esters is 1. The standard InChI is InChI=1S/C19H18O6/c1-22-19(21)13-3-6-15(7-4-13)25-12-16(20)14-5-8-17-18(11-14)24-10-2-9-23-17/h3-8,11H,2,9-10,12H2,1H3. The lowest BCUT2D eigenvalue weighted by atomic mass is 10.1. The zero-order chi connectivity index (χ0) is 17.6. The molecule has 0 amide bonds. The van der Waals surface area contributed by atoms with Gasteiger partial charge in [0.25, 0.3) is 0 Å². The van der Waals surface area contributed by atoms with Gasteiger partial charge in [-0.15, -0.1) is 0 Å². The van der Waals surface area contributed by atoms with E-state index in [0.29, 0.717) is 41.6 Å². The van der Waals surface area contributed by atoms with Crippen LogP contribution < -0.4 is 14.2 Å². The van der Waals surface area contributed by atoms with Gasteiger partial charge >= 0.3 is 5.97 Å². The smallest absolute Gasteiger partial charge is 0.337 e. The first kappa shape index (κ1) is 16.8. The van der Waals surface area contributed by atoms with E-state index in [-0.39, 0.29) is 12.4 Å². The molecule has 1 heterocycles. The lowest BCUT2D eigenvalue weighted by Crippen LogP contribution is -2.12. The number of carbonyl (C=O) groups is 2. The SMILES string of the molecule is COC(=O)c1ccc(OCC(=O)c2ccc3c(c2)OCCCO3)cc1. The molecule has 0 atom stereocenters. The molecule has 6 nitrogen and oxygen atoms in total. The van der Waals surface area contributed by atoms with E-state index in [2.05, 4.69) is 4.74 Å². The minimum absolute atomic E-state index is 0.114. The van der Waals surface area contributed by atoms with Crippen molar-refractivity contribution in [3.05, 3.63) is 53.6 Å². The van der Waals surface area contributed by atoms with Crippen LogP contribution in [0.5, 0.6) is 17.2 Å². The van der Waals surface area contributed by atoms with Gasteiger partial charge in [-0.2, -0.15) is 0 Å². The molecule has 1 aliphatic heterocycles. The maximum absolute atomic E-state index is 12.3. The van der Waals surface area contributed by atoms with Gasteiger partial charge in [0.1, 0.15) is 5.75 Å². The van der Waals surface area contributed by atoms with E-state index in [1.807, 2.05) is 0 Å². The maximum atomic E-state index is 12.3. The molecule has 0 bridgehead atoms. The number of rotatable bonds is 5. The topological polar surface area (TPSA) is 71.1 Å². The van der Waals surface area contributed by atoms with Gasteiger partial charge in [-0.05, 0) is 42.5 Å². The quantitative estimate of drug-likeness (QED) is 0.615. The molecule has 1 aliphatic rings. The van der Waals surface area contributed by atoms with E-state index in [1.165, 1.54) is 7.11 Å². The van der Waals surface area contributed by atoms with Gasteiger partial charge in [0.05, 0.1) is 25.9 Å². The summed E-state index contributed by atoms with van der Waals surface area (Å²) in [4.78, 5) is 23.7. The Morgan fingerprint density at radius 3 is 2.36 bits per heavy atom. The van der Waals surface area contributed by atoms with Crippen LogP contribution in [-0.4, -0.2) is 38.7 Å². The molecule has 130 valence electrons. The molecular formula is C19H18O6. The second-order valence-corrected chi connectivity index (χ2v) is 5.44. The number of methoxy groups -OCH3 is 1. The molecule has 0 saturated heterocycles. The third kappa shape index (κ3) is 4.09. The van der Waals surface area contributed by atoms with E-state index >= 15 is 0 Å². The number of Topliss-reactive ketones (excluding diaryl/α,β-unsaturated/α-hetero) is 1. The first-order valence-corrected chi connectivity index (χ1v) is 7.91. The van der Waals surface area contributed by atoms with E-state index in [1.54, 1.807) is 42.5 Å². The van der Waals surface area contributed by atoms with Crippen LogP contribution in [0.4, 0.5) is 0 Å². The maximum Gasteiger partial charge on any atom is 0.337 e. The number of fused-ring (bicyclic) bond motifs is 1. The van der Waals surface area contributed by atoms with Gasteiger partial charge in [-0.3, -0.25) is 4.79 Å². The van der Waals surface area contributed by atoms with Crippen LogP contribution in [0.1, 0.15) is 27.1 Å². The van der Waals surface area contributed by atoms with Crippen LogP contribution in [0.15, 0.2) is 42.5 Å². The average Bonchev–Trinajstić information content (AvgIpc) is 2.90. The van der Waals surface area contributed by atoms with Crippen LogP contribution in [0.2, 0.25) is 0 Å². The number of ether oxygens (including phenoxy) is 4. The molecule has 2 aromatic rings. The monoisotopic (exact) mass is 342 g/mol. The van der Waals surface area contributed by atoms with Crippen molar-refractivity contribution in [1.82, 2.24) is 0 Å². The Kier molecular flexibility index (Phi) is 5.18. The van der Waals surface area contributed by atoms with Crippen LogP contribution >= 0.6 is 0 Å². The Balaban J connectivity index is 1.62. The number of benzene rings is 2. The fraction of sp³-hybridized carbons (Fsp3) is 0.263. The van der Waals surface area contributed by atoms with Gasteiger partial charge in [0.15, 0.2) is 23.9 Å². The Morgan fingerprint density at radius 1 is 0.960 bits per heavy atom. The molecule has 0 unspecified atom stereocenters. The predicted octanol–water partition coefficient (Wildman–Crippen LogP) is 2.90. The molecule has 0 aromatic heterocycles. The third-order valence-corrected chi connectivity index (χ3v) is 3.71. The van der Waals surface area contributed by atoms with Crippen molar-refractivity contribution in [2.75, 3.05) is 26.9 Å². The average molecular weight is 342 g/mol. The van der Waals surface area contributed by atoms with Crippen molar-refractivity contribution in [3.8, 4) is 17.2 Å². The molecule has 6 heteroatoms. The highest BCUT2D eigenvalue weighted by Gasteiger charge is 2.14. The summed E-state index contributed by atoms with van der Waals surface area (Å²) in [6.07, 6.45) is 0.808. The minimum Gasteiger partial charge on any atom is -0.490 e. The first-order valence-electron chi connectivity index (χ1n) is 7.91. The molecule has 2 aromatic carbocycles. The summed E-state index contributed by atoms with van der Waals surface area (Å²) >= 11 is 0. The third-order valence-electron chi connectivity index (χ3n) is 3.71. The van der Waals surface area contributed by atoms with Crippen molar-refractivity contribution in [3.63, 3.8) is 0 Å².